The van der Waals surface area contributed by atoms with Gasteiger partial charge in [-0.25, -0.2) is 0 Å². The number of amides is 2. The minimum atomic E-state index is -0.444. The summed E-state index contributed by atoms with van der Waals surface area (Å²) in [6, 6.07) is 14.6. The van der Waals surface area contributed by atoms with Gasteiger partial charge in [0.1, 0.15) is 13.2 Å². The number of para-hydroxylation sites is 1. The highest BCUT2D eigenvalue weighted by Gasteiger charge is 2.27. The lowest BCUT2D eigenvalue weighted by molar-refractivity contribution is -0.118. The van der Waals surface area contributed by atoms with E-state index < -0.39 is 5.91 Å². The van der Waals surface area contributed by atoms with Crippen LogP contribution in [0.2, 0.25) is 0 Å². The maximum Gasteiger partial charge on any atom is 0.257 e. The van der Waals surface area contributed by atoms with Gasteiger partial charge < -0.3 is 20.1 Å². The zero-order valence-electron chi connectivity index (χ0n) is 14.7. The zero-order chi connectivity index (χ0) is 18.5. The van der Waals surface area contributed by atoms with Gasteiger partial charge in [-0.2, -0.15) is 0 Å². The Bertz CT molecular complexity index is 792. The summed E-state index contributed by atoms with van der Waals surface area (Å²) in [6.45, 7) is 0.856. The summed E-state index contributed by atoms with van der Waals surface area (Å²) in [5, 5.41) is 0. The van der Waals surface area contributed by atoms with Crippen LogP contribution >= 0.6 is 0 Å². The zero-order valence-corrected chi connectivity index (χ0v) is 14.7. The molecule has 0 aliphatic carbocycles. The van der Waals surface area contributed by atoms with Crippen molar-refractivity contribution in [3.63, 3.8) is 0 Å². The predicted molar refractivity (Wildman–Crippen MR) is 97.3 cm³/mol. The van der Waals surface area contributed by atoms with Crippen LogP contribution < -0.4 is 15.2 Å². The highest BCUT2D eigenvalue weighted by atomic mass is 16.6. The summed E-state index contributed by atoms with van der Waals surface area (Å²) < 4.78 is 11.2. The molecule has 0 radical (unpaired) electrons. The molecular formula is C20H22N2O4. The van der Waals surface area contributed by atoms with Crippen LogP contribution in [0.3, 0.4) is 0 Å². The lowest BCUT2D eigenvalue weighted by atomic mass is 10.0. The minimum absolute atomic E-state index is 0.0868. The van der Waals surface area contributed by atoms with E-state index in [4.69, 9.17) is 15.2 Å². The maximum atomic E-state index is 13.1. The van der Waals surface area contributed by atoms with Crippen molar-refractivity contribution in [2.24, 2.45) is 5.73 Å². The van der Waals surface area contributed by atoms with Gasteiger partial charge in [-0.3, -0.25) is 9.59 Å². The molecule has 3 rings (SSSR count). The minimum Gasteiger partial charge on any atom is -0.486 e. The van der Waals surface area contributed by atoms with Gasteiger partial charge in [0.05, 0.1) is 5.56 Å². The summed E-state index contributed by atoms with van der Waals surface area (Å²) in [5.74, 6) is 0.341. The SMILES string of the molecule is CN(C(=O)c1cccc2c1OCCO2)C(CC(N)=O)Cc1ccccc1. The number of primary amides is 1. The Morgan fingerprint density at radius 1 is 1.08 bits per heavy atom. The van der Waals surface area contributed by atoms with E-state index in [0.29, 0.717) is 36.7 Å². The van der Waals surface area contributed by atoms with Gasteiger partial charge in [-0.1, -0.05) is 36.4 Å². The quantitative estimate of drug-likeness (QED) is 0.860. The van der Waals surface area contributed by atoms with Gasteiger partial charge in [-0.05, 0) is 24.1 Å². The monoisotopic (exact) mass is 354 g/mol. The lowest BCUT2D eigenvalue weighted by Gasteiger charge is -2.29. The number of fused-ring (bicyclic) bond motifs is 1. The Morgan fingerprint density at radius 2 is 1.81 bits per heavy atom. The first-order chi connectivity index (χ1) is 12.6. The molecule has 2 N–H and O–H groups in total. The number of nitrogens with zero attached hydrogens (tertiary/aromatic N) is 1. The molecular weight excluding hydrogens is 332 g/mol. The van der Waals surface area contributed by atoms with Crippen molar-refractivity contribution >= 4 is 11.8 Å². The predicted octanol–water partition coefficient (Wildman–Crippen LogP) is 2.02. The van der Waals surface area contributed by atoms with Gasteiger partial charge in [0.2, 0.25) is 5.91 Å². The molecule has 6 heteroatoms. The molecule has 1 aliphatic rings. The first-order valence-corrected chi connectivity index (χ1v) is 8.54. The van der Waals surface area contributed by atoms with E-state index in [-0.39, 0.29) is 18.4 Å². The number of hydrogen-bond donors (Lipinski definition) is 1. The molecule has 0 saturated heterocycles. The maximum absolute atomic E-state index is 13.1. The topological polar surface area (TPSA) is 81.9 Å². The fourth-order valence-corrected chi connectivity index (χ4v) is 3.06. The molecule has 0 spiro atoms. The molecule has 26 heavy (non-hydrogen) atoms. The largest absolute Gasteiger partial charge is 0.486 e. The molecule has 1 aliphatic heterocycles. The number of hydrogen-bond acceptors (Lipinski definition) is 4. The Kier molecular flexibility index (Phi) is 5.41. The van der Waals surface area contributed by atoms with Crippen molar-refractivity contribution in [3.05, 3.63) is 59.7 Å². The summed E-state index contributed by atoms with van der Waals surface area (Å²) in [5.41, 5.74) is 6.87. The Balaban J connectivity index is 1.85. The number of carbonyl (C=O) groups is 2. The van der Waals surface area contributed by atoms with E-state index >= 15 is 0 Å². The number of likely N-dealkylation sites (N-methyl/N-ethyl adjacent to an activating group) is 1. The van der Waals surface area contributed by atoms with Crippen molar-refractivity contribution in [1.82, 2.24) is 4.90 Å². The molecule has 6 nitrogen and oxygen atoms in total. The third-order valence-corrected chi connectivity index (χ3v) is 4.42. The Hall–Kier alpha value is -3.02. The van der Waals surface area contributed by atoms with Crippen LogP contribution in [-0.2, 0) is 11.2 Å². The molecule has 0 saturated carbocycles. The lowest BCUT2D eigenvalue weighted by Crippen LogP contribution is -2.41. The van der Waals surface area contributed by atoms with E-state index in [1.54, 1.807) is 30.1 Å². The van der Waals surface area contributed by atoms with Crippen molar-refractivity contribution in [2.45, 2.75) is 18.9 Å². The van der Waals surface area contributed by atoms with Gasteiger partial charge in [0, 0.05) is 19.5 Å². The van der Waals surface area contributed by atoms with E-state index in [0.717, 1.165) is 5.56 Å². The second-order valence-corrected chi connectivity index (χ2v) is 6.26. The van der Waals surface area contributed by atoms with Crippen LogP contribution in [0.25, 0.3) is 0 Å². The van der Waals surface area contributed by atoms with E-state index in [1.165, 1.54) is 0 Å². The van der Waals surface area contributed by atoms with Crippen molar-refractivity contribution in [1.29, 1.82) is 0 Å². The molecule has 136 valence electrons. The third kappa shape index (κ3) is 3.96. The molecule has 1 atom stereocenters. The van der Waals surface area contributed by atoms with Crippen LogP contribution in [0.5, 0.6) is 11.5 Å². The van der Waals surface area contributed by atoms with Crippen LogP contribution in [0.1, 0.15) is 22.3 Å². The fourth-order valence-electron chi connectivity index (χ4n) is 3.06. The van der Waals surface area contributed by atoms with Crippen molar-refractivity contribution in [3.8, 4) is 11.5 Å². The molecule has 0 fully saturated rings. The normalized spacial score (nSPS) is 13.7. The first-order valence-electron chi connectivity index (χ1n) is 8.54. The van der Waals surface area contributed by atoms with Crippen LogP contribution in [-0.4, -0.2) is 43.0 Å². The number of carbonyl (C=O) groups excluding carboxylic acids is 2. The van der Waals surface area contributed by atoms with Gasteiger partial charge >= 0.3 is 0 Å². The number of ether oxygens (including phenoxy) is 2. The molecule has 1 unspecified atom stereocenters. The molecule has 0 bridgehead atoms. The average molecular weight is 354 g/mol. The standard InChI is InChI=1S/C20H22N2O4/c1-22(15(13-18(21)23)12-14-6-3-2-4-7-14)20(24)16-8-5-9-17-19(16)26-11-10-25-17/h2-9,15H,10-13H2,1H3,(H2,21,23). The second kappa shape index (κ2) is 7.91. The fraction of sp³-hybridized carbons (Fsp3) is 0.300. The highest BCUT2D eigenvalue weighted by Crippen LogP contribution is 2.34. The number of benzene rings is 2. The van der Waals surface area contributed by atoms with Gasteiger partial charge in [-0.15, -0.1) is 0 Å². The van der Waals surface area contributed by atoms with E-state index in [2.05, 4.69) is 0 Å². The molecule has 0 aromatic heterocycles. The molecule has 1 heterocycles. The third-order valence-electron chi connectivity index (χ3n) is 4.42. The molecule has 2 aromatic carbocycles. The van der Waals surface area contributed by atoms with Crippen molar-refractivity contribution in [2.75, 3.05) is 20.3 Å². The summed E-state index contributed by atoms with van der Waals surface area (Å²) >= 11 is 0. The summed E-state index contributed by atoms with van der Waals surface area (Å²) in [6.07, 6.45) is 0.627. The molecule has 2 amide bonds. The van der Waals surface area contributed by atoms with Crippen molar-refractivity contribution < 1.29 is 19.1 Å². The number of rotatable bonds is 6. The average Bonchev–Trinajstić information content (AvgIpc) is 2.66. The number of nitrogens with two attached hydrogens (primary N) is 1. The Morgan fingerprint density at radius 3 is 2.54 bits per heavy atom. The Labute approximate surface area is 152 Å². The van der Waals surface area contributed by atoms with Crippen LogP contribution in [0.4, 0.5) is 0 Å². The van der Waals surface area contributed by atoms with Crippen LogP contribution in [0.15, 0.2) is 48.5 Å². The van der Waals surface area contributed by atoms with Crippen LogP contribution in [0, 0.1) is 0 Å². The first kappa shape index (κ1) is 17.8. The molecule has 2 aromatic rings. The van der Waals surface area contributed by atoms with Gasteiger partial charge in [0.25, 0.3) is 5.91 Å². The van der Waals surface area contributed by atoms with E-state index in [9.17, 15) is 9.59 Å². The summed E-state index contributed by atoms with van der Waals surface area (Å²) in [7, 11) is 1.68. The van der Waals surface area contributed by atoms with E-state index in [1.807, 2.05) is 30.3 Å². The smallest absolute Gasteiger partial charge is 0.257 e. The highest BCUT2D eigenvalue weighted by molar-refractivity contribution is 5.98. The van der Waals surface area contributed by atoms with Gasteiger partial charge in [0.15, 0.2) is 11.5 Å². The summed E-state index contributed by atoms with van der Waals surface area (Å²) in [4.78, 5) is 26.2. The second-order valence-electron chi connectivity index (χ2n) is 6.26.